The van der Waals surface area contributed by atoms with Crippen molar-refractivity contribution >= 4 is 39.0 Å². The number of piperidine rings is 1. The van der Waals surface area contributed by atoms with E-state index >= 15 is 0 Å². The van der Waals surface area contributed by atoms with Crippen LogP contribution in [0.15, 0.2) is 21.7 Å². The van der Waals surface area contributed by atoms with Crippen molar-refractivity contribution in [1.29, 1.82) is 0 Å². The van der Waals surface area contributed by atoms with E-state index in [0.29, 0.717) is 17.3 Å². The highest BCUT2D eigenvalue weighted by atomic mass is 32.2. The first-order valence-corrected chi connectivity index (χ1v) is 11.5. The summed E-state index contributed by atoms with van der Waals surface area (Å²) in [6.45, 7) is 7.83. The van der Waals surface area contributed by atoms with Crippen molar-refractivity contribution in [1.82, 2.24) is 9.62 Å². The quantitative estimate of drug-likeness (QED) is 0.759. The molecule has 1 N–H and O–H groups in total. The number of rotatable bonds is 6. The number of thioether (sulfide) groups is 1. The van der Waals surface area contributed by atoms with Gasteiger partial charge in [-0.1, -0.05) is 26.8 Å². The Labute approximate surface area is 153 Å². The molecule has 1 fully saturated rings. The van der Waals surface area contributed by atoms with Crippen molar-refractivity contribution in [2.24, 2.45) is 5.92 Å². The Kier molecular flexibility index (Phi) is 6.75. The van der Waals surface area contributed by atoms with E-state index < -0.39 is 10.0 Å². The van der Waals surface area contributed by atoms with Crippen LogP contribution in [-0.4, -0.2) is 48.8 Å². The predicted octanol–water partition coefficient (Wildman–Crippen LogP) is 2.80. The SMILES string of the molecule is CC(C)(C)SCCNC(=O)[C@@H]1CCCN(S(=O)(=O)c2cccs2)C1. The van der Waals surface area contributed by atoms with E-state index in [1.165, 1.54) is 15.6 Å². The average Bonchev–Trinajstić information content (AvgIpc) is 3.06. The van der Waals surface area contributed by atoms with E-state index in [9.17, 15) is 13.2 Å². The number of hydrogen-bond donors (Lipinski definition) is 1. The lowest BCUT2D eigenvalue weighted by Gasteiger charge is -2.30. The molecule has 1 atom stereocenters. The lowest BCUT2D eigenvalue weighted by Crippen LogP contribution is -2.45. The lowest BCUT2D eigenvalue weighted by molar-refractivity contribution is -0.125. The fourth-order valence-electron chi connectivity index (χ4n) is 2.59. The summed E-state index contributed by atoms with van der Waals surface area (Å²) in [5.74, 6) is 0.572. The molecule has 8 heteroatoms. The number of nitrogens with one attached hydrogen (secondary N) is 1. The van der Waals surface area contributed by atoms with Gasteiger partial charge in [0.15, 0.2) is 0 Å². The summed E-state index contributed by atoms with van der Waals surface area (Å²) in [4.78, 5) is 12.3. The molecule has 0 aliphatic carbocycles. The minimum atomic E-state index is -3.46. The molecule has 1 amide bonds. The third-order valence-electron chi connectivity index (χ3n) is 3.78. The number of sulfonamides is 1. The maximum Gasteiger partial charge on any atom is 0.252 e. The molecule has 0 aromatic carbocycles. The first-order chi connectivity index (χ1) is 11.2. The van der Waals surface area contributed by atoms with Crippen molar-refractivity contribution in [3.63, 3.8) is 0 Å². The van der Waals surface area contributed by atoms with E-state index in [1.807, 2.05) is 0 Å². The molecule has 136 valence electrons. The number of nitrogens with zero attached hydrogens (tertiary/aromatic N) is 1. The van der Waals surface area contributed by atoms with Crippen LogP contribution in [-0.2, 0) is 14.8 Å². The maximum absolute atomic E-state index is 12.6. The monoisotopic (exact) mass is 390 g/mol. The molecule has 24 heavy (non-hydrogen) atoms. The Morgan fingerprint density at radius 3 is 2.83 bits per heavy atom. The molecular formula is C16H26N2O3S3. The molecule has 1 aliphatic heterocycles. The van der Waals surface area contributed by atoms with Gasteiger partial charge in [-0.2, -0.15) is 16.1 Å². The largest absolute Gasteiger partial charge is 0.355 e. The summed E-state index contributed by atoms with van der Waals surface area (Å²) in [5.41, 5.74) is 0. The molecule has 2 rings (SSSR count). The zero-order valence-corrected chi connectivity index (χ0v) is 16.9. The minimum absolute atomic E-state index is 0.0319. The second-order valence-electron chi connectivity index (χ2n) is 6.89. The van der Waals surface area contributed by atoms with Gasteiger partial charge in [0.05, 0.1) is 5.92 Å². The van der Waals surface area contributed by atoms with Crippen LogP contribution in [0.25, 0.3) is 0 Å². The van der Waals surface area contributed by atoms with E-state index in [1.54, 1.807) is 29.3 Å². The van der Waals surface area contributed by atoms with Gasteiger partial charge in [0.1, 0.15) is 4.21 Å². The summed E-state index contributed by atoms with van der Waals surface area (Å²) >= 11 is 3.02. The first kappa shape index (κ1) is 19.8. The minimum Gasteiger partial charge on any atom is -0.355 e. The van der Waals surface area contributed by atoms with Gasteiger partial charge in [-0.3, -0.25) is 4.79 Å². The van der Waals surface area contributed by atoms with Crippen LogP contribution < -0.4 is 5.32 Å². The van der Waals surface area contributed by atoms with Gasteiger partial charge >= 0.3 is 0 Å². The van der Waals surface area contributed by atoms with Crippen LogP contribution in [0.2, 0.25) is 0 Å². The molecule has 1 aliphatic rings. The Hall–Kier alpha value is -0.570. The van der Waals surface area contributed by atoms with Gasteiger partial charge in [-0.05, 0) is 24.3 Å². The molecule has 1 aromatic heterocycles. The predicted molar refractivity (Wildman–Crippen MR) is 101 cm³/mol. The highest BCUT2D eigenvalue weighted by Gasteiger charge is 2.33. The van der Waals surface area contributed by atoms with Gasteiger partial charge < -0.3 is 5.32 Å². The standard InChI is InChI=1S/C16H26N2O3S3/c1-16(2,3)23-11-8-17-15(19)13-6-4-9-18(12-13)24(20,21)14-7-5-10-22-14/h5,7,10,13H,4,6,8-9,11-12H2,1-3H3,(H,17,19)/t13-/m1/s1. The van der Waals surface area contributed by atoms with Crippen LogP contribution in [0.5, 0.6) is 0 Å². The topological polar surface area (TPSA) is 66.5 Å². The van der Waals surface area contributed by atoms with Crippen molar-refractivity contribution in [3.05, 3.63) is 17.5 Å². The number of amides is 1. The lowest BCUT2D eigenvalue weighted by atomic mass is 9.99. The van der Waals surface area contributed by atoms with Crippen molar-refractivity contribution in [2.45, 2.75) is 42.6 Å². The number of thiophene rings is 1. The summed E-state index contributed by atoms with van der Waals surface area (Å²) < 4.78 is 27.2. The van der Waals surface area contributed by atoms with Crippen LogP contribution >= 0.6 is 23.1 Å². The van der Waals surface area contributed by atoms with Crippen LogP contribution in [0, 0.1) is 5.92 Å². The summed E-state index contributed by atoms with van der Waals surface area (Å²) in [6, 6.07) is 3.35. The van der Waals surface area contributed by atoms with Crippen LogP contribution in [0.1, 0.15) is 33.6 Å². The van der Waals surface area contributed by atoms with E-state index in [4.69, 9.17) is 0 Å². The molecule has 5 nitrogen and oxygen atoms in total. The molecule has 0 saturated carbocycles. The fourth-order valence-corrected chi connectivity index (χ4v) is 6.07. The van der Waals surface area contributed by atoms with Crippen LogP contribution in [0.3, 0.4) is 0 Å². The smallest absolute Gasteiger partial charge is 0.252 e. The fraction of sp³-hybridized carbons (Fsp3) is 0.688. The highest BCUT2D eigenvalue weighted by molar-refractivity contribution is 8.00. The van der Waals surface area contributed by atoms with Crippen molar-refractivity contribution in [2.75, 3.05) is 25.4 Å². The summed E-state index contributed by atoms with van der Waals surface area (Å²) in [5, 5.41) is 4.71. The van der Waals surface area contributed by atoms with Gasteiger partial charge in [0.25, 0.3) is 10.0 Å². The van der Waals surface area contributed by atoms with Crippen LogP contribution in [0.4, 0.5) is 0 Å². The molecule has 0 radical (unpaired) electrons. The molecule has 1 saturated heterocycles. The number of hydrogen-bond acceptors (Lipinski definition) is 5. The van der Waals surface area contributed by atoms with Gasteiger partial charge in [-0.15, -0.1) is 11.3 Å². The highest BCUT2D eigenvalue weighted by Crippen LogP contribution is 2.26. The zero-order valence-electron chi connectivity index (χ0n) is 14.4. The first-order valence-electron chi connectivity index (χ1n) is 8.15. The Bertz CT molecular complexity index is 636. The van der Waals surface area contributed by atoms with Gasteiger partial charge in [0.2, 0.25) is 5.91 Å². The molecule has 0 bridgehead atoms. The van der Waals surface area contributed by atoms with Gasteiger partial charge in [-0.25, -0.2) is 8.42 Å². The summed E-state index contributed by atoms with van der Waals surface area (Å²) in [7, 11) is -3.46. The van der Waals surface area contributed by atoms with E-state index in [2.05, 4.69) is 26.1 Å². The van der Waals surface area contributed by atoms with Crippen molar-refractivity contribution < 1.29 is 13.2 Å². The molecule has 0 unspecified atom stereocenters. The third-order valence-corrected chi connectivity index (χ3v) is 8.29. The molecule has 1 aromatic rings. The molecular weight excluding hydrogens is 364 g/mol. The summed E-state index contributed by atoms with van der Waals surface area (Å²) in [6.07, 6.45) is 1.47. The second kappa shape index (κ2) is 8.21. The maximum atomic E-state index is 12.6. The van der Waals surface area contributed by atoms with E-state index in [-0.39, 0.29) is 23.1 Å². The Morgan fingerprint density at radius 1 is 1.46 bits per heavy atom. The number of carbonyl (C=O) groups is 1. The molecule has 2 heterocycles. The molecule has 0 spiro atoms. The Balaban J connectivity index is 1.87. The number of carbonyl (C=O) groups excluding carboxylic acids is 1. The third kappa shape index (κ3) is 5.47. The second-order valence-corrected chi connectivity index (χ2v) is 11.9. The average molecular weight is 391 g/mol. The van der Waals surface area contributed by atoms with E-state index in [0.717, 1.165) is 18.6 Å². The van der Waals surface area contributed by atoms with Crippen molar-refractivity contribution in [3.8, 4) is 0 Å². The normalized spacial score (nSPS) is 20.0. The Morgan fingerprint density at radius 2 is 2.21 bits per heavy atom. The zero-order chi connectivity index (χ0) is 17.8. The van der Waals surface area contributed by atoms with Gasteiger partial charge in [0, 0.05) is 30.1 Å².